The predicted molar refractivity (Wildman–Crippen MR) is 104 cm³/mol. The van der Waals surface area contributed by atoms with Gasteiger partial charge in [-0.15, -0.1) is 24.0 Å². The van der Waals surface area contributed by atoms with Crippen LogP contribution in [0.5, 0.6) is 5.75 Å². The molecule has 1 unspecified atom stereocenters. The summed E-state index contributed by atoms with van der Waals surface area (Å²) in [6, 6.07) is 8.21. The fourth-order valence-electron chi connectivity index (χ4n) is 1.85. The van der Waals surface area contributed by atoms with Gasteiger partial charge < -0.3 is 15.4 Å². The van der Waals surface area contributed by atoms with E-state index in [2.05, 4.69) is 27.1 Å². The number of aliphatic imine (C=N–C) groups is 1. The summed E-state index contributed by atoms with van der Waals surface area (Å²) >= 11 is 1.67. The molecule has 126 valence electrons. The normalized spacial score (nSPS) is 12.2. The van der Waals surface area contributed by atoms with E-state index < -0.39 is 0 Å². The monoisotopic (exact) mass is 449 g/mol. The highest BCUT2D eigenvalue weighted by molar-refractivity contribution is 14.0. The molecular weight excluding hydrogens is 428 g/mol. The van der Waals surface area contributed by atoms with E-state index >= 15 is 0 Å². The van der Waals surface area contributed by atoms with Gasteiger partial charge >= 0.3 is 0 Å². The number of hydrogen-bond donors (Lipinski definition) is 2. The van der Waals surface area contributed by atoms with Crippen molar-refractivity contribution in [1.82, 2.24) is 10.6 Å². The number of halogens is 2. The van der Waals surface area contributed by atoms with E-state index in [1.165, 1.54) is 17.7 Å². The molecule has 0 saturated carbocycles. The molecule has 1 aromatic heterocycles. The van der Waals surface area contributed by atoms with Gasteiger partial charge in [0.15, 0.2) is 5.96 Å². The summed E-state index contributed by atoms with van der Waals surface area (Å²) in [6.45, 7) is 3.21. The molecule has 0 aliphatic carbocycles. The van der Waals surface area contributed by atoms with Gasteiger partial charge in [0.05, 0.1) is 6.54 Å². The number of ether oxygens (including phenoxy) is 1. The van der Waals surface area contributed by atoms with Gasteiger partial charge in [-0.05, 0) is 41.4 Å². The van der Waals surface area contributed by atoms with Crippen molar-refractivity contribution in [2.45, 2.75) is 19.6 Å². The van der Waals surface area contributed by atoms with E-state index in [-0.39, 0.29) is 35.9 Å². The van der Waals surface area contributed by atoms with Crippen molar-refractivity contribution in [3.63, 3.8) is 0 Å². The van der Waals surface area contributed by atoms with Gasteiger partial charge in [-0.25, -0.2) is 4.39 Å². The summed E-state index contributed by atoms with van der Waals surface area (Å²) in [4.78, 5) is 4.16. The van der Waals surface area contributed by atoms with Gasteiger partial charge in [0, 0.05) is 19.7 Å². The van der Waals surface area contributed by atoms with E-state index in [9.17, 15) is 4.39 Å². The molecule has 4 nitrogen and oxygen atoms in total. The van der Waals surface area contributed by atoms with Crippen LogP contribution < -0.4 is 15.4 Å². The summed E-state index contributed by atoms with van der Waals surface area (Å²) in [5.74, 6) is 0.933. The predicted octanol–water partition coefficient (Wildman–Crippen LogP) is 3.64. The second-order valence-electron chi connectivity index (χ2n) is 4.82. The third kappa shape index (κ3) is 7.17. The molecule has 1 atom stereocenters. The molecule has 1 aromatic carbocycles. The van der Waals surface area contributed by atoms with Crippen LogP contribution in [-0.4, -0.2) is 25.7 Å². The molecule has 0 fully saturated rings. The summed E-state index contributed by atoms with van der Waals surface area (Å²) in [7, 11) is 1.72. The van der Waals surface area contributed by atoms with Gasteiger partial charge in [0.1, 0.15) is 17.7 Å². The third-order valence-electron chi connectivity index (χ3n) is 2.95. The minimum Gasteiger partial charge on any atom is -0.489 e. The maximum absolute atomic E-state index is 13.1. The molecular formula is C16H21FIN3OS. The van der Waals surface area contributed by atoms with Gasteiger partial charge in [-0.3, -0.25) is 4.99 Å². The lowest BCUT2D eigenvalue weighted by atomic mass is 10.3. The lowest BCUT2D eigenvalue weighted by Gasteiger charge is -2.17. The smallest absolute Gasteiger partial charge is 0.191 e. The molecule has 0 radical (unpaired) electrons. The number of benzene rings is 1. The van der Waals surface area contributed by atoms with Crippen LogP contribution in [0.2, 0.25) is 0 Å². The average Bonchev–Trinajstić information content (AvgIpc) is 3.01. The summed E-state index contributed by atoms with van der Waals surface area (Å²) in [5.41, 5.74) is 1.22. The molecule has 23 heavy (non-hydrogen) atoms. The minimum atomic E-state index is -0.300. The van der Waals surface area contributed by atoms with Crippen molar-refractivity contribution >= 4 is 41.3 Å². The van der Waals surface area contributed by atoms with E-state index in [1.54, 1.807) is 30.5 Å². The molecule has 0 amide bonds. The van der Waals surface area contributed by atoms with Crippen LogP contribution in [0.15, 0.2) is 46.1 Å². The zero-order valence-electron chi connectivity index (χ0n) is 13.1. The Hall–Kier alpha value is -1.35. The Labute approximate surface area is 157 Å². The topological polar surface area (TPSA) is 45.7 Å². The van der Waals surface area contributed by atoms with Crippen LogP contribution in [0.4, 0.5) is 4.39 Å². The molecule has 0 saturated heterocycles. The first-order valence-electron chi connectivity index (χ1n) is 7.05. The Morgan fingerprint density at radius 2 is 2.17 bits per heavy atom. The molecule has 2 N–H and O–H groups in total. The van der Waals surface area contributed by atoms with Crippen molar-refractivity contribution in [3.8, 4) is 5.75 Å². The molecule has 0 spiro atoms. The summed E-state index contributed by atoms with van der Waals surface area (Å²) < 4.78 is 18.8. The number of thiophene rings is 1. The number of rotatable bonds is 6. The highest BCUT2D eigenvalue weighted by Crippen LogP contribution is 2.13. The average molecular weight is 449 g/mol. The van der Waals surface area contributed by atoms with Crippen LogP contribution >= 0.6 is 35.3 Å². The van der Waals surface area contributed by atoms with Crippen LogP contribution in [0.3, 0.4) is 0 Å². The lowest BCUT2D eigenvalue weighted by Crippen LogP contribution is -2.41. The number of guanidine groups is 1. The first-order valence-corrected chi connectivity index (χ1v) is 7.99. The SMILES string of the molecule is CN=C(NCc1ccsc1)NCC(C)Oc1cccc(F)c1.I. The van der Waals surface area contributed by atoms with Crippen LogP contribution in [0.25, 0.3) is 0 Å². The molecule has 2 rings (SSSR count). The third-order valence-corrected chi connectivity index (χ3v) is 3.69. The Bertz CT molecular complexity index is 607. The highest BCUT2D eigenvalue weighted by atomic mass is 127. The molecule has 0 aliphatic rings. The van der Waals surface area contributed by atoms with Gasteiger partial charge in [0.2, 0.25) is 0 Å². The van der Waals surface area contributed by atoms with Crippen molar-refractivity contribution in [2.75, 3.05) is 13.6 Å². The van der Waals surface area contributed by atoms with E-state index in [1.807, 2.05) is 12.3 Å². The molecule has 0 aliphatic heterocycles. The van der Waals surface area contributed by atoms with E-state index in [0.29, 0.717) is 18.3 Å². The van der Waals surface area contributed by atoms with E-state index in [4.69, 9.17) is 4.74 Å². The minimum absolute atomic E-state index is 0. The Kier molecular flexibility index (Phi) is 8.93. The van der Waals surface area contributed by atoms with E-state index in [0.717, 1.165) is 6.54 Å². The van der Waals surface area contributed by atoms with Gasteiger partial charge in [0.25, 0.3) is 0 Å². The molecule has 0 bridgehead atoms. The number of hydrogen-bond acceptors (Lipinski definition) is 3. The van der Waals surface area contributed by atoms with Crippen molar-refractivity contribution < 1.29 is 9.13 Å². The number of nitrogens with zero attached hydrogens (tertiary/aromatic N) is 1. The fraction of sp³-hybridized carbons (Fsp3) is 0.312. The largest absolute Gasteiger partial charge is 0.489 e. The second-order valence-corrected chi connectivity index (χ2v) is 5.60. The van der Waals surface area contributed by atoms with Crippen LogP contribution in [-0.2, 0) is 6.54 Å². The molecule has 2 aromatic rings. The first-order chi connectivity index (χ1) is 10.7. The zero-order valence-corrected chi connectivity index (χ0v) is 16.2. The maximum Gasteiger partial charge on any atom is 0.191 e. The Morgan fingerprint density at radius 1 is 1.35 bits per heavy atom. The standard InChI is InChI=1S/C16H20FN3OS.HI/c1-12(21-15-5-3-4-14(17)8-15)9-19-16(18-2)20-10-13-6-7-22-11-13;/h3-8,11-12H,9-10H2,1-2H3,(H2,18,19,20);1H. The first kappa shape index (κ1) is 19.7. The van der Waals surface area contributed by atoms with Crippen molar-refractivity contribution in [3.05, 3.63) is 52.5 Å². The van der Waals surface area contributed by atoms with Gasteiger partial charge in [-0.2, -0.15) is 11.3 Å². The van der Waals surface area contributed by atoms with Gasteiger partial charge in [-0.1, -0.05) is 6.07 Å². The van der Waals surface area contributed by atoms with Crippen LogP contribution in [0, 0.1) is 5.82 Å². The quantitative estimate of drug-likeness (QED) is 0.402. The molecule has 7 heteroatoms. The molecule has 1 heterocycles. The highest BCUT2D eigenvalue weighted by Gasteiger charge is 2.06. The van der Waals surface area contributed by atoms with Crippen LogP contribution in [0.1, 0.15) is 12.5 Å². The Balaban J connectivity index is 0.00000264. The second kappa shape index (κ2) is 10.4. The Morgan fingerprint density at radius 3 is 2.83 bits per heavy atom. The summed E-state index contributed by atoms with van der Waals surface area (Å²) in [5, 5.41) is 10.6. The fourth-order valence-corrected chi connectivity index (χ4v) is 2.52. The number of nitrogens with one attached hydrogen (secondary N) is 2. The summed E-state index contributed by atoms with van der Waals surface area (Å²) in [6.07, 6.45) is -0.110. The van der Waals surface area contributed by atoms with Crippen molar-refractivity contribution in [1.29, 1.82) is 0 Å². The van der Waals surface area contributed by atoms with Crippen molar-refractivity contribution in [2.24, 2.45) is 4.99 Å². The lowest BCUT2D eigenvalue weighted by molar-refractivity contribution is 0.223. The maximum atomic E-state index is 13.1. The zero-order chi connectivity index (χ0) is 15.8.